The minimum atomic E-state index is 0.240. The molecule has 0 radical (unpaired) electrons. The first-order valence-electron chi connectivity index (χ1n) is 9.36. The maximum Gasteiger partial charge on any atom is 0.0308 e. The van der Waals surface area contributed by atoms with Crippen molar-refractivity contribution in [1.29, 1.82) is 0 Å². The topological polar surface area (TPSA) is 15.3 Å². The van der Waals surface area contributed by atoms with Crippen LogP contribution in [-0.4, -0.2) is 36.1 Å². The van der Waals surface area contributed by atoms with Crippen LogP contribution in [0.1, 0.15) is 74.1 Å². The summed E-state index contributed by atoms with van der Waals surface area (Å²) in [4.78, 5) is 2.64. The van der Waals surface area contributed by atoms with Gasteiger partial charge < -0.3 is 5.32 Å². The minimum absolute atomic E-state index is 0.240. The van der Waals surface area contributed by atoms with Crippen LogP contribution in [0.25, 0.3) is 0 Å². The maximum atomic E-state index is 3.92. The van der Waals surface area contributed by atoms with Gasteiger partial charge in [-0.2, -0.15) is 0 Å². The van der Waals surface area contributed by atoms with E-state index in [1.54, 1.807) is 0 Å². The molecule has 0 aliphatic heterocycles. The number of likely N-dealkylation sites (N-methyl/N-ethyl adjacent to an activating group) is 1. The molecule has 1 aliphatic carbocycles. The van der Waals surface area contributed by atoms with Crippen LogP contribution in [-0.2, 0) is 0 Å². The molecule has 1 aliphatic rings. The molecule has 0 saturated heterocycles. The molecular weight excluding hydrogens is 256 g/mol. The molecule has 2 heteroatoms. The van der Waals surface area contributed by atoms with Gasteiger partial charge in [0.1, 0.15) is 0 Å². The van der Waals surface area contributed by atoms with Crippen LogP contribution in [0.5, 0.6) is 0 Å². The highest BCUT2D eigenvalue weighted by atomic mass is 15.2. The van der Waals surface area contributed by atoms with Crippen molar-refractivity contribution in [3.63, 3.8) is 0 Å². The quantitative estimate of drug-likeness (QED) is 0.707. The molecule has 0 aromatic carbocycles. The molecular formula is C19H40N2. The van der Waals surface area contributed by atoms with Crippen LogP contribution in [0.2, 0.25) is 0 Å². The summed E-state index contributed by atoms with van der Waals surface area (Å²) < 4.78 is 0. The Morgan fingerprint density at radius 2 is 1.67 bits per heavy atom. The Bertz CT molecular complexity index is 283. The smallest absolute Gasteiger partial charge is 0.0308 e. The largest absolute Gasteiger partial charge is 0.312 e. The van der Waals surface area contributed by atoms with Gasteiger partial charge >= 0.3 is 0 Å². The molecule has 1 saturated carbocycles. The average Bonchev–Trinajstić information content (AvgIpc) is 2.43. The fraction of sp³-hybridized carbons (Fsp3) is 1.00. The Hall–Kier alpha value is -0.0800. The fourth-order valence-electron chi connectivity index (χ4n) is 4.42. The van der Waals surface area contributed by atoms with E-state index in [9.17, 15) is 0 Å². The van der Waals surface area contributed by atoms with Gasteiger partial charge in [0.15, 0.2) is 0 Å². The highest BCUT2D eigenvalue weighted by Crippen LogP contribution is 2.38. The van der Waals surface area contributed by atoms with Crippen LogP contribution in [0.4, 0.5) is 0 Å². The highest BCUT2D eigenvalue weighted by Gasteiger charge is 2.40. The Balaban J connectivity index is 2.88. The second kappa shape index (κ2) is 8.53. The first-order valence-corrected chi connectivity index (χ1v) is 9.36. The second-order valence-corrected chi connectivity index (χ2v) is 7.79. The Morgan fingerprint density at radius 1 is 1.05 bits per heavy atom. The van der Waals surface area contributed by atoms with Crippen molar-refractivity contribution in [2.75, 3.05) is 19.6 Å². The summed E-state index contributed by atoms with van der Waals surface area (Å²) in [5, 5.41) is 3.92. The summed E-state index contributed by atoms with van der Waals surface area (Å²) in [6.07, 6.45) is 5.43. The van der Waals surface area contributed by atoms with Crippen molar-refractivity contribution in [2.24, 2.45) is 17.8 Å². The van der Waals surface area contributed by atoms with Gasteiger partial charge in [-0.25, -0.2) is 0 Å². The summed E-state index contributed by atoms with van der Waals surface area (Å²) >= 11 is 0. The Kier molecular flexibility index (Phi) is 7.70. The van der Waals surface area contributed by atoms with Gasteiger partial charge in [-0.3, -0.25) is 4.90 Å². The molecule has 1 fully saturated rings. The van der Waals surface area contributed by atoms with Crippen LogP contribution in [0.3, 0.4) is 0 Å². The standard InChI is InChI=1S/C19H40N2/c1-8-13-20-18(19(6,7)21(9-2)10-3)17-12-11-15(4)16(5)14-17/h15-18,20H,8-14H2,1-7H3. The van der Waals surface area contributed by atoms with Gasteiger partial charge in [0.25, 0.3) is 0 Å². The van der Waals surface area contributed by atoms with E-state index in [0.717, 1.165) is 37.4 Å². The van der Waals surface area contributed by atoms with Gasteiger partial charge in [-0.1, -0.05) is 41.0 Å². The van der Waals surface area contributed by atoms with E-state index in [-0.39, 0.29) is 5.54 Å². The molecule has 2 nitrogen and oxygen atoms in total. The number of rotatable bonds is 8. The van der Waals surface area contributed by atoms with Gasteiger partial charge in [0.2, 0.25) is 0 Å². The summed E-state index contributed by atoms with van der Waals surface area (Å²) in [5.41, 5.74) is 0.240. The van der Waals surface area contributed by atoms with Crippen LogP contribution in [0.15, 0.2) is 0 Å². The van der Waals surface area contributed by atoms with Gasteiger partial charge in [0, 0.05) is 11.6 Å². The van der Waals surface area contributed by atoms with E-state index >= 15 is 0 Å². The molecule has 4 atom stereocenters. The van der Waals surface area contributed by atoms with Crippen molar-refractivity contribution < 1.29 is 0 Å². The molecule has 0 aromatic heterocycles. The first kappa shape index (κ1) is 19.0. The van der Waals surface area contributed by atoms with Crippen molar-refractivity contribution in [1.82, 2.24) is 10.2 Å². The van der Waals surface area contributed by atoms with E-state index in [4.69, 9.17) is 0 Å². The molecule has 0 spiro atoms. The van der Waals surface area contributed by atoms with E-state index < -0.39 is 0 Å². The summed E-state index contributed by atoms with van der Waals surface area (Å²) in [7, 11) is 0. The van der Waals surface area contributed by atoms with Gasteiger partial charge in [-0.05, 0) is 70.5 Å². The lowest BCUT2D eigenvalue weighted by atomic mass is 9.69. The van der Waals surface area contributed by atoms with Crippen LogP contribution >= 0.6 is 0 Å². The number of nitrogens with zero attached hydrogens (tertiary/aromatic N) is 1. The normalized spacial score (nSPS) is 28.9. The molecule has 126 valence electrons. The zero-order chi connectivity index (χ0) is 16.0. The van der Waals surface area contributed by atoms with Crippen molar-refractivity contribution in [3.05, 3.63) is 0 Å². The lowest BCUT2D eigenvalue weighted by Crippen LogP contribution is -2.61. The monoisotopic (exact) mass is 296 g/mol. The lowest BCUT2D eigenvalue weighted by molar-refractivity contribution is 0.0407. The maximum absolute atomic E-state index is 3.92. The molecule has 21 heavy (non-hydrogen) atoms. The Labute approximate surface area is 134 Å². The predicted octanol–water partition coefficient (Wildman–Crippen LogP) is 4.55. The number of hydrogen-bond acceptors (Lipinski definition) is 2. The second-order valence-electron chi connectivity index (χ2n) is 7.79. The molecule has 0 heterocycles. The minimum Gasteiger partial charge on any atom is -0.312 e. The summed E-state index contributed by atoms with van der Waals surface area (Å²) in [5.74, 6) is 2.62. The molecule has 1 N–H and O–H groups in total. The van der Waals surface area contributed by atoms with Crippen molar-refractivity contribution >= 4 is 0 Å². The zero-order valence-electron chi connectivity index (χ0n) is 15.7. The van der Waals surface area contributed by atoms with Crippen molar-refractivity contribution in [3.8, 4) is 0 Å². The number of hydrogen-bond donors (Lipinski definition) is 1. The third-order valence-corrected chi connectivity index (χ3v) is 6.06. The van der Waals surface area contributed by atoms with Crippen LogP contribution in [0, 0.1) is 17.8 Å². The molecule has 0 amide bonds. The van der Waals surface area contributed by atoms with Crippen molar-refractivity contribution in [2.45, 2.75) is 85.7 Å². The van der Waals surface area contributed by atoms with Crippen LogP contribution < -0.4 is 5.32 Å². The van der Waals surface area contributed by atoms with E-state index in [2.05, 4.69) is 58.7 Å². The molecule has 1 rings (SSSR count). The van der Waals surface area contributed by atoms with E-state index in [1.165, 1.54) is 25.7 Å². The average molecular weight is 297 g/mol. The first-order chi connectivity index (χ1) is 9.88. The number of nitrogens with one attached hydrogen (secondary N) is 1. The van der Waals surface area contributed by atoms with Gasteiger partial charge in [-0.15, -0.1) is 0 Å². The molecule has 0 bridgehead atoms. The zero-order valence-corrected chi connectivity index (χ0v) is 15.7. The van der Waals surface area contributed by atoms with E-state index in [0.29, 0.717) is 6.04 Å². The Morgan fingerprint density at radius 3 is 2.14 bits per heavy atom. The lowest BCUT2D eigenvalue weighted by Gasteiger charge is -2.49. The molecule has 4 unspecified atom stereocenters. The molecule has 0 aromatic rings. The summed E-state index contributed by atoms with van der Waals surface area (Å²) in [6, 6.07) is 0.618. The third-order valence-electron chi connectivity index (χ3n) is 6.06. The SMILES string of the molecule is CCCNC(C1CCC(C)C(C)C1)C(C)(C)N(CC)CC. The predicted molar refractivity (Wildman–Crippen MR) is 94.8 cm³/mol. The van der Waals surface area contributed by atoms with Gasteiger partial charge in [0.05, 0.1) is 0 Å². The fourth-order valence-corrected chi connectivity index (χ4v) is 4.42. The van der Waals surface area contributed by atoms with E-state index in [1.807, 2.05) is 0 Å². The third kappa shape index (κ3) is 4.69. The summed E-state index contributed by atoms with van der Waals surface area (Å²) in [6.45, 7) is 20.1. The highest BCUT2D eigenvalue weighted by molar-refractivity contribution is 4.98.